The first-order chi connectivity index (χ1) is 13.9. The van der Waals surface area contributed by atoms with Gasteiger partial charge in [-0.3, -0.25) is 0 Å². The zero-order chi connectivity index (χ0) is 20.6. The molecule has 0 unspecified atom stereocenters. The quantitative estimate of drug-likeness (QED) is 0.443. The lowest BCUT2D eigenvalue weighted by Crippen LogP contribution is -2.29. The van der Waals surface area contributed by atoms with E-state index in [2.05, 4.69) is 18.9 Å². The van der Waals surface area contributed by atoms with Gasteiger partial charge >= 0.3 is 0 Å². The van der Waals surface area contributed by atoms with Crippen LogP contribution in [0.3, 0.4) is 0 Å². The largest absolute Gasteiger partial charge is 0.334 e. The minimum atomic E-state index is -3.74. The summed E-state index contributed by atoms with van der Waals surface area (Å²) in [5.41, 5.74) is 2.51. The number of halogens is 1. The van der Waals surface area contributed by atoms with Crippen molar-refractivity contribution in [3.63, 3.8) is 0 Å². The highest BCUT2D eigenvalue weighted by molar-refractivity contribution is 7.89. The maximum atomic E-state index is 13.0. The zero-order valence-corrected chi connectivity index (χ0v) is 17.9. The van der Waals surface area contributed by atoms with E-state index in [0.717, 1.165) is 17.3 Å². The summed E-state index contributed by atoms with van der Waals surface area (Å²) in [5.74, 6) is 0.691. The molecule has 0 fully saturated rings. The number of hydrogen-bond donors (Lipinski definition) is 0. The van der Waals surface area contributed by atoms with Gasteiger partial charge in [-0.05, 0) is 30.7 Å². The van der Waals surface area contributed by atoms with E-state index in [1.807, 2.05) is 19.1 Å². The third-order valence-corrected chi connectivity index (χ3v) is 7.24. The molecule has 0 aliphatic carbocycles. The number of aromatic nitrogens is 4. The topological polar surface area (TPSA) is 102 Å². The first kappa shape index (κ1) is 19.9. The maximum Gasteiger partial charge on any atom is 0.259 e. The summed E-state index contributed by atoms with van der Waals surface area (Å²) in [4.78, 5) is 4.46. The highest BCUT2D eigenvalue weighted by Crippen LogP contribution is 2.27. The van der Waals surface area contributed by atoms with Gasteiger partial charge < -0.3 is 4.52 Å². The Balaban J connectivity index is 1.52. The molecule has 0 atom stereocenters. The molecule has 11 heteroatoms. The molecular formula is C18H16ClN5O3S2. The summed E-state index contributed by atoms with van der Waals surface area (Å²) in [6.07, 6.45) is 0.286. The first-order valence-corrected chi connectivity index (χ1v) is 11.2. The van der Waals surface area contributed by atoms with Gasteiger partial charge in [-0.25, -0.2) is 12.7 Å². The van der Waals surface area contributed by atoms with Crippen LogP contribution in [0.25, 0.3) is 22.5 Å². The lowest BCUT2D eigenvalue weighted by molar-refractivity contribution is 0.415. The Kier molecular flexibility index (Phi) is 5.34. The van der Waals surface area contributed by atoms with E-state index in [0.29, 0.717) is 33.3 Å². The van der Waals surface area contributed by atoms with Crippen molar-refractivity contribution in [2.75, 3.05) is 13.6 Å². The van der Waals surface area contributed by atoms with Crippen molar-refractivity contribution >= 4 is 44.4 Å². The highest BCUT2D eigenvalue weighted by atomic mass is 35.5. The fourth-order valence-corrected chi connectivity index (χ4v) is 5.01. The number of fused-ring (bicyclic) bond motifs is 1. The van der Waals surface area contributed by atoms with Crippen LogP contribution in [-0.4, -0.2) is 45.2 Å². The van der Waals surface area contributed by atoms with Crippen molar-refractivity contribution in [3.05, 3.63) is 52.8 Å². The van der Waals surface area contributed by atoms with E-state index in [1.54, 1.807) is 24.3 Å². The zero-order valence-electron chi connectivity index (χ0n) is 15.5. The van der Waals surface area contributed by atoms with Gasteiger partial charge in [-0.15, -0.1) is 0 Å². The first-order valence-electron chi connectivity index (χ1n) is 8.63. The molecule has 2 aromatic carbocycles. The summed E-state index contributed by atoms with van der Waals surface area (Å²) in [6.45, 7) is 2.05. The van der Waals surface area contributed by atoms with Crippen molar-refractivity contribution in [1.82, 2.24) is 23.2 Å². The Morgan fingerprint density at radius 2 is 1.90 bits per heavy atom. The Morgan fingerprint density at radius 3 is 2.69 bits per heavy atom. The average molecular weight is 450 g/mol. The number of nitrogens with zero attached hydrogens (tertiary/aromatic N) is 5. The lowest BCUT2D eigenvalue weighted by Gasteiger charge is -2.16. The molecule has 8 nitrogen and oxygen atoms in total. The molecule has 4 aromatic rings. The van der Waals surface area contributed by atoms with Crippen LogP contribution in [-0.2, 0) is 16.4 Å². The van der Waals surface area contributed by atoms with Crippen LogP contribution in [0.15, 0.2) is 45.8 Å². The van der Waals surface area contributed by atoms with Crippen LogP contribution in [0.2, 0.25) is 5.02 Å². The number of hydrogen-bond acceptors (Lipinski definition) is 8. The standard InChI is InChI=1S/C18H16ClN5O3S2/c1-11-7-8-14(17-16(11)22-28-23-17)29(25,26)24(2)10-9-15-20-18(27-21-15)12-5-3-4-6-13(12)19/h3-8H,9-10H2,1-2H3. The molecule has 0 amide bonds. The molecule has 150 valence electrons. The maximum absolute atomic E-state index is 13.0. The minimum absolute atomic E-state index is 0.138. The normalized spacial score (nSPS) is 12.1. The predicted molar refractivity (Wildman–Crippen MR) is 110 cm³/mol. The van der Waals surface area contributed by atoms with Gasteiger partial charge in [-0.2, -0.15) is 13.7 Å². The molecule has 0 radical (unpaired) electrons. The Labute approximate surface area is 176 Å². The monoisotopic (exact) mass is 449 g/mol. The lowest BCUT2D eigenvalue weighted by atomic mass is 10.2. The van der Waals surface area contributed by atoms with Crippen molar-refractivity contribution in [1.29, 1.82) is 0 Å². The van der Waals surface area contributed by atoms with Gasteiger partial charge in [0.25, 0.3) is 5.89 Å². The van der Waals surface area contributed by atoms with Crippen LogP contribution in [0, 0.1) is 6.92 Å². The Morgan fingerprint density at radius 1 is 1.14 bits per heavy atom. The van der Waals surface area contributed by atoms with Gasteiger partial charge in [-0.1, -0.05) is 35.0 Å². The molecular weight excluding hydrogens is 434 g/mol. The number of sulfonamides is 1. The van der Waals surface area contributed by atoms with Gasteiger partial charge in [0.2, 0.25) is 10.0 Å². The summed E-state index contributed by atoms with van der Waals surface area (Å²) in [5, 5.41) is 4.43. The second-order valence-electron chi connectivity index (χ2n) is 6.41. The van der Waals surface area contributed by atoms with Gasteiger partial charge in [0.15, 0.2) is 5.82 Å². The van der Waals surface area contributed by atoms with Gasteiger partial charge in [0.1, 0.15) is 15.9 Å². The molecule has 0 N–H and O–H groups in total. The van der Waals surface area contributed by atoms with Crippen molar-refractivity contribution < 1.29 is 12.9 Å². The SMILES string of the molecule is Cc1ccc(S(=O)(=O)N(C)CCc2noc(-c3ccccc3Cl)n2)c2nsnc12. The highest BCUT2D eigenvalue weighted by Gasteiger charge is 2.25. The summed E-state index contributed by atoms with van der Waals surface area (Å²) >= 11 is 7.14. The molecule has 4 rings (SSSR count). The molecule has 0 bridgehead atoms. The molecule has 0 saturated heterocycles. The molecule has 2 heterocycles. The number of rotatable bonds is 6. The van der Waals surface area contributed by atoms with E-state index in [9.17, 15) is 8.42 Å². The van der Waals surface area contributed by atoms with Crippen LogP contribution < -0.4 is 0 Å². The summed E-state index contributed by atoms with van der Waals surface area (Å²) in [6, 6.07) is 10.4. The Bertz CT molecular complexity index is 1290. The van der Waals surface area contributed by atoms with Crippen molar-refractivity contribution in [2.24, 2.45) is 0 Å². The van der Waals surface area contributed by atoms with Crippen molar-refractivity contribution in [3.8, 4) is 11.5 Å². The van der Waals surface area contributed by atoms with E-state index < -0.39 is 10.0 Å². The smallest absolute Gasteiger partial charge is 0.259 e. The molecule has 0 saturated carbocycles. The number of benzene rings is 2. The second-order valence-corrected chi connectivity index (χ2v) is 9.36. The van der Waals surface area contributed by atoms with Crippen LogP contribution in [0.4, 0.5) is 0 Å². The molecule has 2 aromatic heterocycles. The van der Waals surface area contributed by atoms with E-state index >= 15 is 0 Å². The third kappa shape index (κ3) is 3.76. The fourth-order valence-electron chi connectivity index (χ4n) is 2.82. The van der Waals surface area contributed by atoms with Crippen LogP contribution >= 0.6 is 23.3 Å². The van der Waals surface area contributed by atoms with E-state index in [1.165, 1.54) is 11.4 Å². The van der Waals surface area contributed by atoms with Crippen LogP contribution in [0.1, 0.15) is 11.4 Å². The molecule has 0 aliphatic rings. The molecule has 0 aliphatic heterocycles. The molecule has 29 heavy (non-hydrogen) atoms. The average Bonchev–Trinajstić information content (AvgIpc) is 3.36. The number of aryl methyl sites for hydroxylation is 1. The van der Waals surface area contributed by atoms with Crippen molar-refractivity contribution in [2.45, 2.75) is 18.2 Å². The van der Waals surface area contributed by atoms with Crippen LogP contribution in [0.5, 0.6) is 0 Å². The van der Waals surface area contributed by atoms with E-state index in [-0.39, 0.29) is 17.9 Å². The summed E-state index contributed by atoms with van der Waals surface area (Å²) in [7, 11) is -2.23. The fraction of sp³-hybridized carbons (Fsp3) is 0.222. The molecule has 0 spiro atoms. The predicted octanol–water partition coefficient (Wildman–Crippen LogP) is 3.57. The second kappa shape index (κ2) is 7.79. The van der Waals surface area contributed by atoms with Gasteiger partial charge in [0, 0.05) is 20.0 Å². The Hall–Kier alpha value is -2.40. The summed E-state index contributed by atoms with van der Waals surface area (Å²) < 4.78 is 40.9. The van der Waals surface area contributed by atoms with E-state index in [4.69, 9.17) is 16.1 Å². The number of likely N-dealkylation sites (N-methyl/N-ethyl adjacent to an activating group) is 1. The minimum Gasteiger partial charge on any atom is -0.334 e. The van der Waals surface area contributed by atoms with Gasteiger partial charge in [0.05, 0.1) is 22.3 Å². The third-order valence-electron chi connectivity index (χ3n) is 4.49.